The Kier molecular flexibility index (Phi) is 6.12. The van der Waals surface area contributed by atoms with E-state index in [-0.39, 0.29) is 18.5 Å². The van der Waals surface area contributed by atoms with Crippen LogP contribution in [0.5, 0.6) is 0 Å². The Labute approximate surface area is 149 Å². The predicted octanol–water partition coefficient (Wildman–Crippen LogP) is 0.122. The Morgan fingerprint density at radius 3 is 2.50 bits per heavy atom. The van der Waals surface area contributed by atoms with E-state index in [1.54, 1.807) is 12.1 Å². The summed E-state index contributed by atoms with van der Waals surface area (Å²) in [6.45, 7) is 2.53. The highest BCUT2D eigenvalue weighted by Crippen LogP contribution is 2.22. The summed E-state index contributed by atoms with van der Waals surface area (Å²) < 4.78 is 1.87. The van der Waals surface area contributed by atoms with Crippen molar-refractivity contribution in [1.29, 1.82) is 0 Å². The average Bonchev–Trinajstić information content (AvgIpc) is 2.59. The van der Waals surface area contributed by atoms with Gasteiger partial charge < -0.3 is 15.3 Å². The molecule has 0 aliphatic carbocycles. The topological polar surface area (TPSA) is 122 Å². The zero-order valence-corrected chi connectivity index (χ0v) is 14.7. The average molecular weight is 362 g/mol. The molecule has 140 valence electrons. The number of nitrogens with zero attached hydrogens (tertiary/aromatic N) is 2. The summed E-state index contributed by atoms with van der Waals surface area (Å²) in [5.41, 5.74) is 1.32. The van der Waals surface area contributed by atoms with Crippen molar-refractivity contribution in [3.8, 4) is 11.1 Å². The van der Waals surface area contributed by atoms with Crippen LogP contribution in [-0.2, 0) is 17.9 Å². The van der Waals surface area contributed by atoms with Crippen LogP contribution in [0.2, 0.25) is 0 Å². The molecule has 3 N–H and O–H groups in total. The van der Waals surface area contributed by atoms with Crippen LogP contribution in [0.25, 0.3) is 11.1 Å². The van der Waals surface area contributed by atoms with E-state index in [1.807, 2.05) is 19.9 Å². The summed E-state index contributed by atoms with van der Waals surface area (Å²) in [4.78, 5) is 36.4. The zero-order chi connectivity index (χ0) is 19.4. The standard InChI is InChI=1S/C18H22N2O6/c1-11-4-3-5-14(12(11)2)15-8-19(9-16(23)24)18(26)20(17(15)25)7-6-13(22)10-21/h3-5,8,13,21-22H,6-7,9-10H2,1-2H3,(H,23,24). The van der Waals surface area contributed by atoms with E-state index < -0.39 is 36.5 Å². The minimum Gasteiger partial charge on any atom is -0.480 e. The Hall–Kier alpha value is -2.71. The third-order valence-corrected chi connectivity index (χ3v) is 4.33. The SMILES string of the molecule is Cc1cccc(-c2cn(CC(=O)O)c(=O)n(CCC(O)CO)c2=O)c1C. The number of hydrogen-bond donors (Lipinski definition) is 3. The van der Waals surface area contributed by atoms with Gasteiger partial charge in [-0.15, -0.1) is 0 Å². The lowest BCUT2D eigenvalue weighted by molar-refractivity contribution is -0.137. The summed E-state index contributed by atoms with van der Waals surface area (Å²) >= 11 is 0. The van der Waals surface area contributed by atoms with E-state index >= 15 is 0 Å². The second-order valence-corrected chi connectivity index (χ2v) is 6.18. The van der Waals surface area contributed by atoms with Crippen molar-refractivity contribution in [3.05, 3.63) is 56.4 Å². The molecule has 1 unspecified atom stereocenters. The van der Waals surface area contributed by atoms with Gasteiger partial charge in [0.05, 0.1) is 18.3 Å². The first-order valence-electron chi connectivity index (χ1n) is 8.17. The minimum atomic E-state index is -1.21. The second kappa shape index (κ2) is 8.11. The number of carboxylic acid groups (broad SMARTS) is 1. The number of aliphatic hydroxyl groups is 2. The van der Waals surface area contributed by atoms with Gasteiger partial charge in [0.15, 0.2) is 0 Å². The van der Waals surface area contributed by atoms with Gasteiger partial charge in [-0.25, -0.2) is 4.79 Å². The number of hydrogen-bond acceptors (Lipinski definition) is 5. The van der Waals surface area contributed by atoms with Crippen LogP contribution in [0.1, 0.15) is 17.5 Å². The molecular weight excluding hydrogens is 340 g/mol. The number of benzene rings is 1. The molecule has 1 heterocycles. The molecule has 1 aromatic heterocycles. The molecule has 0 aliphatic heterocycles. The fourth-order valence-corrected chi connectivity index (χ4v) is 2.71. The number of carboxylic acids is 1. The summed E-state index contributed by atoms with van der Waals surface area (Å²) in [7, 11) is 0. The van der Waals surface area contributed by atoms with Crippen LogP contribution >= 0.6 is 0 Å². The van der Waals surface area contributed by atoms with Crippen molar-refractivity contribution >= 4 is 5.97 Å². The summed E-state index contributed by atoms with van der Waals surface area (Å²) in [6.07, 6.45) is 0.188. The lowest BCUT2D eigenvalue weighted by Gasteiger charge is -2.15. The molecule has 8 nitrogen and oxygen atoms in total. The van der Waals surface area contributed by atoms with Crippen molar-refractivity contribution in [2.24, 2.45) is 0 Å². The van der Waals surface area contributed by atoms with Crippen LogP contribution in [-0.4, -0.2) is 43.1 Å². The molecule has 1 aromatic carbocycles. The molecule has 0 fully saturated rings. The number of rotatable bonds is 7. The van der Waals surface area contributed by atoms with E-state index in [4.69, 9.17) is 10.2 Å². The first-order valence-corrected chi connectivity index (χ1v) is 8.17. The van der Waals surface area contributed by atoms with Crippen LogP contribution in [0.15, 0.2) is 34.0 Å². The molecule has 0 aliphatic rings. The molecule has 0 radical (unpaired) electrons. The molecular formula is C18H22N2O6. The Bertz CT molecular complexity index is 928. The lowest BCUT2D eigenvalue weighted by Crippen LogP contribution is -2.42. The van der Waals surface area contributed by atoms with E-state index in [0.717, 1.165) is 20.3 Å². The van der Waals surface area contributed by atoms with Gasteiger partial charge in [0.25, 0.3) is 5.56 Å². The van der Waals surface area contributed by atoms with Gasteiger partial charge in [-0.1, -0.05) is 18.2 Å². The maximum atomic E-state index is 12.9. The molecule has 0 saturated carbocycles. The van der Waals surface area contributed by atoms with Crippen LogP contribution in [0.3, 0.4) is 0 Å². The molecule has 0 bridgehead atoms. The van der Waals surface area contributed by atoms with Crippen molar-refractivity contribution in [3.63, 3.8) is 0 Å². The molecule has 1 atom stereocenters. The minimum absolute atomic E-state index is 0.00499. The molecule has 2 rings (SSSR count). The summed E-state index contributed by atoms with van der Waals surface area (Å²) in [6, 6.07) is 5.41. The van der Waals surface area contributed by atoms with Crippen molar-refractivity contribution in [2.45, 2.75) is 39.5 Å². The maximum Gasteiger partial charge on any atom is 0.331 e. The maximum absolute atomic E-state index is 12.9. The molecule has 0 saturated heterocycles. The van der Waals surface area contributed by atoms with E-state index in [1.165, 1.54) is 6.20 Å². The third-order valence-electron chi connectivity index (χ3n) is 4.33. The highest BCUT2D eigenvalue weighted by Gasteiger charge is 2.17. The largest absolute Gasteiger partial charge is 0.480 e. The van der Waals surface area contributed by atoms with Crippen molar-refractivity contribution in [1.82, 2.24) is 9.13 Å². The Morgan fingerprint density at radius 2 is 1.88 bits per heavy atom. The summed E-state index contributed by atoms with van der Waals surface area (Å²) in [5.74, 6) is -1.21. The molecule has 2 aromatic rings. The highest BCUT2D eigenvalue weighted by molar-refractivity contribution is 5.69. The quantitative estimate of drug-likeness (QED) is 0.643. The van der Waals surface area contributed by atoms with Gasteiger partial charge in [-0.3, -0.25) is 18.7 Å². The van der Waals surface area contributed by atoms with Crippen molar-refractivity contribution < 1.29 is 20.1 Å². The number of aliphatic hydroxyl groups excluding tert-OH is 2. The van der Waals surface area contributed by atoms with Crippen molar-refractivity contribution in [2.75, 3.05) is 6.61 Å². The van der Waals surface area contributed by atoms with E-state index in [9.17, 15) is 19.5 Å². The van der Waals surface area contributed by atoms with E-state index in [0.29, 0.717) is 5.56 Å². The van der Waals surface area contributed by atoms with Gasteiger partial charge in [0, 0.05) is 12.7 Å². The molecule has 26 heavy (non-hydrogen) atoms. The zero-order valence-electron chi connectivity index (χ0n) is 14.7. The lowest BCUT2D eigenvalue weighted by atomic mass is 9.99. The van der Waals surface area contributed by atoms with E-state index in [2.05, 4.69) is 0 Å². The fourth-order valence-electron chi connectivity index (χ4n) is 2.71. The van der Waals surface area contributed by atoms with Gasteiger partial charge in [0.2, 0.25) is 0 Å². The highest BCUT2D eigenvalue weighted by atomic mass is 16.4. The van der Waals surface area contributed by atoms with Crippen LogP contribution in [0, 0.1) is 13.8 Å². The third kappa shape index (κ3) is 4.09. The fraction of sp³-hybridized carbons (Fsp3) is 0.389. The second-order valence-electron chi connectivity index (χ2n) is 6.18. The van der Waals surface area contributed by atoms with Gasteiger partial charge in [-0.05, 0) is 37.0 Å². The van der Waals surface area contributed by atoms with Gasteiger partial charge in [0.1, 0.15) is 6.54 Å². The number of aromatic nitrogens is 2. The van der Waals surface area contributed by atoms with Crippen LogP contribution < -0.4 is 11.2 Å². The Morgan fingerprint density at radius 1 is 1.19 bits per heavy atom. The summed E-state index contributed by atoms with van der Waals surface area (Å²) in [5, 5.41) is 27.5. The van der Waals surface area contributed by atoms with Gasteiger partial charge >= 0.3 is 11.7 Å². The first kappa shape index (κ1) is 19.6. The predicted molar refractivity (Wildman–Crippen MR) is 95.2 cm³/mol. The molecule has 0 spiro atoms. The van der Waals surface area contributed by atoms with Crippen LogP contribution in [0.4, 0.5) is 0 Å². The molecule has 8 heteroatoms. The normalized spacial score (nSPS) is 12.2. The number of carbonyl (C=O) groups is 1. The monoisotopic (exact) mass is 362 g/mol. The first-order chi connectivity index (χ1) is 12.3. The smallest absolute Gasteiger partial charge is 0.331 e. The number of aliphatic carboxylic acids is 1. The van der Waals surface area contributed by atoms with Gasteiger partial charge in [-0.2, -0.15) is 0 Å². The molecule has 0 amide bonds. The number of aryl methyl sites for hydroxylation is 1. The Balaban J connectivity index is 2.68.